The van der Waals surface area contributed by atoms with E-state index in [0.29, 0.717) is 58.2 Å². The van der Waals surface area contributed by atoms with Gasteiger partial charge in [0, 0.05) is 52.2 Å². The van der Waals surface area contributed by atoms with Gasteiger partial charge in [-0.1, -0.05) is 6.92 Å². The Hall–Kier alpha value is -1.51. The quantitative estimate of drug-likeness (QED) is 0.661. The van der Waals surface area contributed by atoms with Gasteiger partial charge < -0.3 is 0 Å². The van der Waals surface area contributed by atoms with E-state index in [1.807, 2.05) is 0 Å². The van der Waals surface area contributed by atoms with Crippen molar-refractivity contribution >= 4 is 20.0 Å². The molecular weight excluding hydrogens is 412 g/mol. The number of benzene rings is 1. The van der Waals surface area contributed by atoms with Gasteiger partial charge in [-0.2, -0.15) is 13.9 Å². The van der Waals surface area contributed by atoms with Crippen molar-refractivity contribution in [3.63, 3.8) is 0 Å². The van der Waals surface area contributed by atoms with Gasteiger partial charge in [0.05, 0.1) is 15.9 Å². The first-order chi connectivity index (χ1) is 13.7. The molecule has 2 aliphatic rings. The topological polar surface area (TPSA) is 102 Å². The molecule has 1 aromatic rings. The molecule has 2 fully saturated rings. The summed E-state index contributed by atoms with van der Waals surface area (Å²) in [4.78, 5) is 2.31. The Bertz CT molecular complexity index is 939. The van der Waals surface area contributed by atoms with E-state index in [1.165, 1.54) is 32.9 Å². The van der Waals surface area contributed by atoms with Crippen LogP contribution in [0, 0.1) is 17.2 Å². The molecule has 0 amide bonds. The Morgan fingerprint density at radius 1 is 0.862 bits per heavy atom. The Morgan fingerprint density at radius 2 is 1.31 bits per heavy atom. The van der Waals surface area contributed by atoms with Crippen LogP contribution in [-0.2, 0) is 20.0 Å². The molecule has 0 saturated carbocycles. The van der Waals surface area contributed by atoms with Crippen molar-refractivity contribution in [1.82, 2.24) is 13.5 Å². The highest BCUT2D eigenvalue weighted by molar-refractivity contribution is 7.89. The van der Waals surface area contributed by atoms with Crippen LogP contribution in [0.15, 0.2) is 34.1 Å². The van der Waals surface area contributed by atoms with Gasteiger partial charge in [-0.25, -0.2) is 16.8 Å². The molecule has 0 aliphatic carbocycles. The summed E-state index contributed by atoms with van der Waals surface area (Å²) in [5.41, 5.74) is 0. The predicted molar refractivity (Wildman–Crippen MR) is 109 cm³/mol. The van der Waals surface area contributed by atoms with E-state index < -0.39 is 20.0 Å². The van der Waals surface area contributed by atoms with Crippen LogP contribution >= 0.6 is 0 Å². The van der Waals surface area contributed by atoms with Gasteiger partial charge in [-0.3, -0.25) is 4.90 Å². The monoisotopic (exact) mass is 440 g/mol. The summed E-state index contributed by atoms with van der Waals surface area (Å²) in [6.45, 7) is 5.65. The normalized spacial score (nSPS) is 21.1. The fourth-order valence-electron chi connectivity index (χ4n) is 3.71. The molecule has 160 valence electrons. The van der Waals surface area contributed by atoms with Gasteiger partial charge in [0.2, 0.25) is 20.0 Å². The molecule has 2 heterocycles. The lowest BCUT2D eigenvalue weighted by Crippen LogP contribution is -2.48. The number of hydrogen-bond acceptors (Lipinski definition) is 6. The molecule has 29 heavy (non-hydrogen) atoms. The third-order valence-corrected chi connectivity index (χ3v) is 9.54. The smallest absolute Gasteiger partial charge is 0.243 e. The van der Waals surface area contributed by atoms with Gasteiger partial charge in [0.1, 0.15) is 0 Å². The van der Waals surface area contributed by atoms with Crippen molar-refractivity contribution in [3.05, 3.63) is 24.3 Å². The molecule has 1 aromatic carbocycles. The third kappa shape index (κ3) is 4.98. The zero-order valence-corrected chi connectivity index (χ0v) is 18.3. The molecule has 0 aromatic heterocycles. The standard InChI is InChI=1S/C19H28N4O4S2/c1-17-7-11-22(12-8-17)28(24,25)18-3-5-19(6-4-18)29(26,27)23-15-13-21(14-16-23)10-2-9-20/h3-6,17H,2,7-8,10-16H2,1H3. The second kappa shape index (κ2) is 9.10. The van der Waals surface area contributed by atoms with E-state index in [1.54, 1.807) is 0 Å². The van der Waals surface area contributed by atoms with Crippen LogP contribution < -0.4 is 0 Å². The van der Waals surface area contributed by atoms with Gasteiger partial charge in [-0.05, 0) is 43.0 Å². The Balaban J connectivity index is 1.69. The molecule has 0 radical (unpaired) electrons. The molecule has 8 nitrogen and oxygen atoms in total. The summed E-state index contributed by atoms with van der Waals surface area (Å²) in [6.07, 6.45) is 2.11. The Kier molecular flexibility index (Phi) is 6.96. The van der Waals surface area contributed by atoms with Crippen molar-refractivity contribution < 1.29 is 16.8 Å². The minimum Gasteiger partial charge on any atom is -0.300 e. The fraction of sp³-hybridized carbons (Fsp3) is 0.632. The molecule has 0 N–H and O–H groups in total. The number of piperidine rings is 1. The lowest BCUT2D eigenvalue weighted by molar-refractivity contribution is 0.191. The first-order valence-electron chi connectivity index (χ1n) is 9.95. The number of piperazine rings is 1. The number of nitriles is 1. The number of sulfonamides is 2. The van der Waals surface area contributed by atoms with E-state index in [-0.39, 0.29) is 9.79 Å². The fourth-order valence-corrected chi connectivity index (χ4v) is 6.60. The van der Waals surface area contributed by atoms with E-state index in [9.17, 15) is 16.8 Å². The second-order valence-corrected chi connectivity index (χ2v) is 11.6. The maximum Gasteiger partial charge on any atom is 0.243 e. The molecule has 0 atom stereocenters. The first-order valence-corrected chi connectivity index (χ1v) is 12.8. The Labute approximate surface area is 173 Å². The average molecular weight is 441 g/mol. The summed E-state index contributed by atoms with van der Waals surface area (Å²) in [6, 6.07) is 7.66. The minimum atomic E-state index is -3.67. The van der Waals surface area contributed by atoms with Crippen LogP contribution in [0.1, 0.15) is 26.2 Å². The van der Waals surface area contributed by atoms with Crippen molar-refractivity contribution in [3.8, 4) is 6.07 Å². The van der Waals surface area contributed by atoms with Crippen LogP contribution in [0.3, 0.4) is 0 Å². The maximum atomic E-state index is 12.9. The second-order valence-electron chi connectivity index (χ2n) is 7.71. The predicted octanol–water partition coefficient (Wildman–Crippen LogP) is 1.33. The first kappa shape index (κ1) is 22.2. The summed E-state index contributed by atoms with van der Waals surface area (Å²) in [5.74, 6) is 0.523. The summed E-state index contributed by atoms with van der Waals surface area (Å²) >= 11 is 0. The van der Waals surface area contributed by atoms with Crippen molar-refractivity contribution in [1.29, 1.82) is 5.26 Å². The van der Waals surface area contributed by atoms with Gasteiger partial charge in [-0.15, -0.1) is 0 Å². The third-order valence-electron chi connectivity index (χ3n) is 5.71. The average Bonchev–Trinajstić information content (AvgIpc) is 2.73. The number of hydrogen-bond donors (Lipinski definition) is 0. The van der Waals surface area contributed by atoms with Crippen molar-refractivity contribution in [2.45, 2.75) is 36.0 Å². The van der Waals surface area contributed by atoms with E-state index >= 15 is 0 Å². The van der Waals surface area contributed by atoms with Gasteiger partial charge in [0.15, 0.2) is 0 Å². The molecule has 10 heteroatoms. The van der Waals surface area contributed by atoms with E-state index in [2.05, 4.69) is 17.9 Å². The highest BCUT2D eigenvalue weighted by Crippen LogP contribution is 2.25. The minimum absolute atomic E-state index is 0.106. The van der Waals surface area contributed by atoms with Gasteiger partial charge in [0.25, 0.3) is 0 Å². The van der Waals surface area contributed by atoms with Crippen LogP contribution in [0.4, 0.5) is 0 Å². The van der Waals surface area contributed by atoms with Crippen LogP contribution in [0.25, 0.3) is 0 Å². The lowest BCUT2D eigenvalue weighted by Gasteiger charge is -2.33. The summed E-state index contributed by atoms with van der Waals surface area (Å²) < 4.78 is 54.3. The summed E-state index contributed by atoms with van der Waals surface area (Å²) in [7, 11) is -7.26. The van der Waals surface area contributed by atoms with Crippen molar-refractivity contribution in [2.24, 2.45) is 5.92 Å². The lowest BCUT2D eigenvalue weighted by atomic mass is 10.0. The molecular formula is C19H28N4O4S2. The zero-order chi connectivity index (χ0) is 21.1. The van der Waals surface area contributed by atoms with E-state index in [0.717, 1.165) is 12.8 Å². The highest BCUT2D eigenvalue weighted by atomic mass is 32.2. The van der Waals surface area contributed by atoms with Crippen molar-refractivity contribution in [2.75, 3.05) is 45.8 Å². The van der Waals surface area contributed by atoms with Crippen LogP contribution in [0.5, 0.6) is 0 Å². The van der Waals surface area contributed by atoms with Gasteiger partial charge >= 0.3 is 0 Å². The largest absolute Gasteiger partial charge is 0.300 e. The molecule has 0 spiro atoms. The molecule has 0 bridgehead atoms. The Morgan fingerprint density at radius 3 is 1.76 bits per heavy atom. The summed E-state index contributed by atoms with van der Waals surface area (Å²) in [5, 5.41) is 8.67. The van der Waals surface area contributed by atoms with Crippen LogP contribution in [-0.4, -0.2) is 76.2 Å². The molecule has 2 saturated heterocycles. The zero-order valence-electron chi connectivity index (χ0n) is 16.7. The number of rotatable bonds is 6. The maximum absolute atomic E-state index is 12.9. The highest BCUT2D eigenvalue weighted by Gasteiger charge is 2.31. The van der Waals surface area contributed by atoms with Crippen LogP contribution in [0.2, 0.25) is 0 Å². The number of nitrogens with zero attached hydrogens (tertiary/aromatic N) is 4. The molecule has 2 aliphatic heterocycles. The molecule has 0 unspecified atom stereocenters. The molecule has 3 rings (SSSR count). The van der Waals surface area contributed by atoms with E-state index in [4.69, 9.17) is 5.26 Å². The SMILES string of the molecule is CC1CCN(S(=O)(=O)c2ccc(S(=O)(=O)N3CCN(CCC#N)CC3)cc2)CC1.